The lowest BCUT2D eigenvalue weighted by atomic mass is 9.68. The van der Waals surface area contributed by atoms with E-state index < -0.39 is 0 Å². The van der Waals surface area contributed by atoms with Gasteiger partial charge in [-0.3, -0.25) is 0 Å². The maximum absolute atomic E-state index is 6.17. The lowest BCUT2D eigenvalue weighted by Gasteiger charge is -2.32. The number of fused-ring (bicyclic) bond motifs is 13. The Morgan fingerprint density at radius 3 is 1.64 bits per heavy atom. The standard InChI is InChI=1S/C44H28O/c1-27-10-8-19-41-42(27)36-26-30(24-25-40(36)45-41)28-20-22-29(23-21-28)31-14-9-15-35-34-13-4-7-18-39(34)44(43(31)35)37-16-5-2-11-32(37)33-12-3-6-17-38(33)44/h2-26H,1H3. The number of aryl methyl sites for hydroxylation is 1. The van der Waals surface area contributed by atoms with Crippen LogP contribution in [0.3, 0.4) is 0 Å². The lowest BCUT2D eigenvalue weighted by Crippen LogP contribution is -2.26. The molecule has 1 heterocycles. The van der Waals surface area contributed by atoms with Crippen LogP contribution in [0.1, 0.15) is 27.8 Å². The summed E-state index contributed by atoms with van der Waals surface area (Å²) in [5, 5.41) is 2.37. The Kier molecular flexibility index (Phi) is 4.91. The van der Waals surface area contributed by atoms with E-state index in [1.165, 1.54) is 83.1 Å². The third-order valence-corrected chi connectivity index (χ3v) is 10.2. The van der Waals surface area contributed by atoms with Gasteiger partial charge in [-0.1, -0.05) is 133 Å². The number of hydrogen-bond acceptors (Lipinski definition) is 1. The van der Waals surface area contributed by atoms with Gasteiger partial charge in [0.25, 0.3) is 0 Å². The molecule has 2 aliphatic carbocycles. The van der Waals surface area contributed by atoms with Crippen molar-refractivity contribution >= 4 is 21.9 Å². The molecule has 0 amide bonds. The molecule has 210 valence electrons. The third kappa shape index (κ3) is 3.17. The first-order valence-electron chi connectivity index (χ1n) is 15.7. The molecule has 45 heavy (non-hydrogen) atoms. The summed E-state index contributed by atoms with van der Waals surface area (Å²) in [7, 11) is 0. The fraction of sp³-hybridized carbons (Fsp3) is 0.0455. The molecule has 1 aromatic heterocycles. The lowest BCUT2D eigenvalue weighted by molar-refractivity contribution is 0.669. The number of furan rings is 1. The maximum Gasteiger partial charge on any atom is 0.135 e. The second-order valence-electron chi connectivity index (χ2n) is 12.5. The highest BCUT2D eigenvalue weighted by molar-refractivity contribution is 6.08. The van der Waals surface area contributed by atoms with Gasteiger partial charge in [0, 0.05) is 10.8 Å². The Labute approximate surface area is 262 Å². The van der Waals surface area contributed by atoms with E-state index in [4.69, 9.17) is 4.42 Å². The molecule has 1 heteroatoms. The second kappa shape index (κ2) is 8.94. The van der Waals surface area contributed by atoms with E-state index in [0.29, 0.717) is 0 Å². The van der Waals surface area contributed by atoms with Crippen molar-refractivity contribution in [3.8, 4) is 44.5 Å². The minimum absolute atomic E-state index is 0.361. The molecular weight excluding hydrogens is 544 g/mol. The van der Waals surface area contributed by atoms with Crippen LogP contribution in [0, 0.1) is 6.92 Å². The molecule has 0 bridgehead atoms. The van der Waals surface area contributed by atoms with Crippen LogP contribution in [0.25, 0.3) is 66.4 Å². The summed E-state index contributed by atoms with van der Waals surface area (Å²) in [5.74, 6) is 0. The molecule has 0 saturated carbocycles. The van der Waals surface area contributed by atoms with Gasteiger partial charge in [0.1, 0.15) is 11.2 Å². The molecule has 0 fully saturated rings. The topological polar surface area (TPSA) is 13.1 Å². The van der Waals surface area contributed by atoms with Gasteiger partial charge in [-0.15, -0.1) is 0 Å². The van der Waals surface area contributed by atoms with Crippen LogP contribution in [0.15, 0.2) is 156 Å². The molecule has 0 radical (unpaired) electrons. The van der Waals surface area contributed by atoms with Crippen molar-refractivity contribution in [1.29, 1.82) is 0 Å². The average molecular weight is 573 g/mol. The summed E-state index contributed by atoms with van der Waals surface area (Å²) in [6.07, 6.45) is 0. The zero-order chi connectivity index (χ0) is 29.7. The molecular formula is C44H28O. The van der Waals surface area contributed by atoms with E-state index in [1.54, 1.807) is 0 Å². The van der Waals surface area contributed by atoms with Crippen molar-refractivity contribution in [1.82, 2.24) is 0 Å². The van der Waals surface area contributed by atoms with Crippen molar-refractivity contribution in [2.75, 3.05) is 0 Å². The van der Waals surface area contributed by atoms with Crippen molar-refractivity contribution in [3.05, 3.63) is 179 Å². The molecule has 0 aliphatic heterocycles. The molecule has 0 unspecified atom stereocenters. The minimum Gasteiger partial charge on any atom is -0.456 e. The van der Waals surface area contributed by atoms with Crippen LogP contribution in [0.4, 0.5) is 0 Å². The fourth-order valence-corrected chi connectivity index (χ4v) is 8.42. The first-order valence-corrected chi connectivity index (χ1v) is 15.7. The highest BCUT2D eigenvalue weighted by Gasteiger charge is 2.52. The quantitative estimate of drug-likeness (QED) is 0.201. The van der Waals surface area contributed by atoms with E-state index in [1.807, 2.05) is 0 Å². The highest BCUT2D eigenvalue weighted by atomic mass is 16.3. The van der Waals surface area contributed by atoms with Gasteiger partial charge in [0.15, 0.2) is 0 Å². The van der Waals surface area contributed by atoms with E-state index in [9.17, 15) is 0 Å². The smallest absolute Gasteiger partial charge is 0.135 e. The molecule has 10 rings (SSSR count). The van der Waals surface area contributed by atoms with E-state index in [0.717, 1.165) is 11.2 Å². The maximum atomic E-state index is 6.17. The molecule has 7 aromatic carbocycles. The summed E-state index contributed by atoms with van der Waals surface area (Å²) in [4.78, 5) is 0. The van der Waals surface area contributed by atoms with Crippen LogP contribution in [0.5, 0.6) is 0 Å². The zero-order valence-corrected chi connectivity index (χ0v) is 24.8. The summed E-state index contributed by atoms with van der Waals surface area (Å²) in [5.41, 5.74) is 18.5. The van der Waals surface area contributed by atoms with Crippen molar-refractivity contribution in [2.24, 2.45) is 0 Å². The normalized spacial score (nSPS) is 13.6. The predicted octanol–water partition coefficient (Wildman–Crippen LogP) is 11.6. The number of rotatable bonds is 2. The second-order valence-corrected chi connectivity index (χ2v) is 12.5. The Hall–Kier alpha value is -5.66. The summed E-state index contributed by atoms with van der Waals surface area (Å²) in [6, 6.07) is 55.9. The molecule has 0 N–H and O–H groups in total. The van der Waals surface area contributed by atoms with Crippen LogP contribution >= 0.6 is 0 Å². The van der Waals surface area contributed by atoms with Gasteiger partial charge >= 0.3 is 0 Å². The summed E-state index contributed by atoms with van der Waals surface area (Å²) in [6.45, 7) is 2.16. The van der Waals surface area contributed by atoms with Crippen LogP contribution in [-0.2, 0) is 5.41 Å². The van der Waals surface area contributed by atoms with Gasteiger partial charge in [-0.05, 0) is 97.4 Å². The van der Waals surface area contributed by atoms with Crippen LogP contribution < -0.4 is 0 Å². The zero-order valence-electron chi connectivity index (χ0n) is 24.8. The third-order valence-electron chi connectivity index (χ3n) is 10.2. The molecule has 1 nitrogen and oxygen atoms in total. The summed E-state index contributed by atoms with van der Waals surface area (Å²) >= 11 is 0. The SMILES string of the molecule is Cc1cccc2oc3ccc(-c4ccc(-c5cccc6c5C5(c7ccccc7-c7ccccc75)c5ccccc5-6)cc4)cc3c12. The van der Waals surface area contributed by atoms with E-state index in [-0.39, 0.29) is 5.41 Å². The van der Waals surface area contributed by atoms with Crippen molar-refractivity contribution < 1.29 is 4.42 Å². The fourth-order valence-electron chi connectivity index (χ4n) is 8.42. The molecule has 1 spiro atoms. The number of hydrogen-bond donors (Lipinski definition) is 0. The monoisotopic (exact) mass is 572 g/mol. The predicted molar refractivity (Wildman–Crippen MR) is 186 cm³/mol. The largest absolute Gasteiger partial charge is 0.456 e. The van der Waals surface area contributed by atoms with Gasteiger partial charge in [0.2, 0.25) is 0 Å². The average Bonchev–Trinajstić information content (AvgIpc) is 3.73. The van der Waals surface area contributed by atoms with Gasteiger partial charge < -0.3 is 4.42 Å². The first-order chi connectivity index (χ1) is 22.2. The number of benzene rings is 7. The van der Waals surface area contributed by atoms with Gasteiger partial charge in [-0.25, -0.2) is 0 Å². The molecule has 2 aliphatic rings. The van der Waals surface area contributed by atoms with Crippen LogP contribution in [-0.4, -0.2) is 0 Å². The Morgan fingerprint density at radius 2 is 0.956 bits per heavy atom. The van der Waals surface area contributed by atoms with Crippen molar-refractivity contribution in [3.63, 3.8) is 0 Å². The van der Waals surface area contributed by atoms with Gasteiger partial charge in [0.05, 0.1) is 5.41 Å². The summed E-state index contributed by atoms with van der Waals surface area (Å²) < 4.78 is 6.17. The molecule has 8 aromatic rings. The Balaban J connectivity index is 1.18. The highest BCUT2D eigenvalue weighted by Crippen LogP contribution is 2.64. The van der Waals surface area contributed by atoms with E-state index in [2.05, 4.69) is 159 Å². The molecule has 0 atom stereocenters. The van der Waals surface area contributed by atoms with Crippen molar-refractivity contribution in [2.45, 2.75) is 12.3 Å². The Bertz CT molecular complexity index is 2430. The van der Waals surface area contributed by atoms with Crippen LogP contribution in [0.2, 0.25) is 0 Å². The molecule has 0 saturated heterocycles. The Morgan fingerprint density at radius 1 is 0.422 bits per heavy atom. The van der Waals surface area contributed by atoms with Gasteiger partial charge in [-0.2, -0.15) is 0 Å². The first kappa shape index (κ1) is 24.7. The van der Waals surface area contributed by atoms with E-state index >= 15 is 0 Å². The minimum atomic E-state index is -0.361.